The maximum absolute atomic E-state index is 9.46. The lowest BCUT2D eigenvalue weighted by Crippen LogP contribution is -2.53. The molecular weight excluding hydrogens is 192 g/mol. The fraction of sp³-hybridized carbons (Fsp3) is 1.00. The summed E-state index contributed by atoms with van der Waals surface area (Å²) >= 11 is 0. The molecule has 3 nitrogen and oxygen atoms in total. The molecule has 0 amide bonds. The minimum atomic E-state index is -0.329. The fourth-order valence-electron chi connectivity index (χ4n) is 1.65. The van der Waals surface area contributed by atoms with Crippen LogP contribution in [-0.4, -0.2) is 36.6 Å². The Balaban J connectivity index is 2.17. The van der Waals surface area contributed by atoms with Crippen LogP contribution < -0.4 is 0 Å². The van der Waals surface area contributed by atoms with Gasteiger partial charge in [-0.2, -0.15) is 0 Å². The molecule has 90 valence electrons. The summed E-state index contributed by atoms with van der Waals surface area (Å²) in [4.78, 5) is 0. The first-order valence-electron chi connectivity index (χ1n) is 5.85. The van der Waals surface area contributed by atoms with Gasteiger partial charge in [0, 0.05) is 19.6 Å². The molecule has 0 aromatic heterocycles. The SMILES string of the molecule is CCOC1C(O)CC1OCCC(C)(C)C. The van der Waals surface area contributed by atoms with Crippen molar-refractivity contribution in [2.45, 2.75) is 58.8 Å². The molecule has 0 bridgehead atoms. The van der Waals surface area contributed by atoms with Crippen molar-refractivity contribution < 1.29 is 14.6 Å². The van der Waals surface area contributed by atoms with Gasteiger partial charge in [0.05, 0.1) is 12.2 Å². The van der Waals surface area contributed by atoms with Crippen molar-refractivity contribution >= 4 is 0 Å². The summed E-state index contributed by atoms with van der Waals surface area (Å²) in [7, 11) is 0. The third kappa shape index (κ3) is 4.09. The number of hydrogen-bond donors (Lipinski definition) is 1. The molecule has 0 aliphatic heterocycles. The van der Waals surface area contributed by atoms with Crippen molar-refractivity contribution in [3.05, 3.63) is 0 Å². The van der Waals surface area contributed by atoms with E-state index in [2.05, 4.69) is 20.8 Å². The molecule has 1 saturated carbocycles. The Labute approximate surface area is 92.8 Å². The first-order chi connectivity index (χ1) is 6.94. The van der Waals surface area contributed by atoms with Gasteiger partial charge in [0.25, 0.3) is 0 Å². The first kappa shape index (κ1) is 12.9. The van der Waals surface area contributed by atoms with Crippen LogP contribution in [0.5, 0.6) is 0 Å². The van der Waals surface area contributed by atoms with Crippen molar-refractivity contribution in [2.75, 3.05) is 13.2 Å². The number of hydrogen-bond acceptors (Lipinski definition) is 3. The molecule has 3 atom stereocenters. The van der Waals surface area contributed by atoms with Crippen molar-refractivity contribution in [3.8, 4) is 0 Å². The molecule has 1 aliphatic rings. The zero-order valence-electron chi connectivity index (χ0n) is 10.3. The zero-order valence-corrected chi connectivity index (χ0v) is 10.3. The van der Waals surface area contributed by atoms with Gasteiger partial charge in [0.15, 0.2) is 0 Å². The van der Waals surface area contributed by atoms with Gasteiger partial charge in [-0.05, 0) is 18.8 Å². The first-order valence-corrected chi connectivity index (χ1v) is 5.85. The highest BCUT2D eigenvalue weighted by Crippen LogP contribution is 2.28. The third-order valence-electron chi connectivity index (χ3n) is 2.76. The van der Waals surface area contributed by atoms with Gasteiger partial charge in [-0.1, -0.05) is 20.8 Å². The molecule has 0 saturated heterocycles. The minimum absolute atomic E-state index is 0.0994. The molecule has 0 spiro atoms. The Hall–Kier alpha value is -0.120. The quantitative estimate of drug-likeness (QED) is 0.763. The number of aliphatic hydroxyl groups is 1. The van der Waals surface area contributed by atoms with E-state index in [1.165, 1.54) is 0 Å². The van der Waals surface area contributed by atoms with Gasteiger partial charge in [0.1, 0.15) is 6.10 Å². The second-order valence-corrected chi connectivity index (χ2v) is 5.44. The third-order valence-corrected chi connectivity index (χ3v) is 2.76. The largest absolute Gasteiger partial charge is 0.390 e. The van der Waals surface area contributed by atoms with Gasteiger partial charge >= 0.3 is 0 Å². The van der Waals surface area contributed by atoms with Crippen LogP contribution in [0.1, 0.15) is 40.5 Å². The van der Waals surface area contributed by atoms with E-state index in [-0.39, 0.29) is 18.3 Å². The highest BCUT2D eigenvalue weighted by Gasteiger charge is 2.41. The summed E-state index contributed by atoms with van der Waals surface area (Å²) in [5.74, 6) is 0. The van der Waals surface area contributed by atoms with E-state index in [0.29, 0.717) is 12.0 Å². The predicted molar refractivity (Wildman–Crippen MR) is 59.8 cm³/mol. The van der Waals surface area contributed by atoms with Gasteiger partial charge in [0.2, 0.25) is 0 Å². The van der Waals surface area contributed by atoms with Crippen LogP contribution in [0.4, 0.5) is 0 Å². The van der Waals surface area contributed by atoms with E-state index in [9.17, 15) is 5.11 Å². The second kappa shape index (κ2) is 5.28. The van der Waals surface area contributed by atoms with Crippen molar-refractivity contribution in [3.63, 3.8) is 0 Å². The topological polar surface area (TPSA) is 38.7 Å². The average molecular weight is 216 g/mol. The molecule has 1 rings (SSSR count). The van der Waals surface area contributed by atoms with Crippen molar-refractivity contribution in [2.24, 2.45) is 5.41 Å². The van der Waals surface area contributed by atoms with Crippen LogP contribution in [0.25, 0.3) is 0 Å². The summed E-state index contributed by atoms with van der Waals surface area (Å²) < 4.78 is 11.1. The predicted octanol–water partition coefficient (Wildman–Crippen LogP) is 1.98. The standard InChI is InChI=1S/C12H24O3/c1-5-14-11-9(13)8-10(11)15-7-6-12(2,3)4/h9-11,13H,5-8H2,1-4H3. The lowest BCUT2D eigenvalue weighted by molar-refractivity contribution is -0.191. The van der Waals surface area contributed by atoms with Crippen molar-refractivity contribution in [1.29, 1.82) is 0 Å². The lowest BCUT2D eigenvalue weighted by Gasteiger charge is -2.41. The molecule has 3 heteroatoms. The normalized spacial score (nSPS) is 31.4. The Bertz CT molecular complexity index is 186. The van der Waals surface area contributed by atoms with Crippen LogP contribution in [0.3, 0.4) is 0 Å². The fourth-order valence-corrected chi connectivity index (χ4v) is 1.65. The molecule has 15 heavy (non-hydrogen) atoms. The number of ether oxygens (including phenoxy) is 2. The molecule has 1 N–H and O–H groups in total. The van der Waals surface area contributed by atoms with Gasteiger partial charge in [-0.15, -0.1) is 0 Å². The Morgan fingerprint density at radius 1 is 1.27 bits per heavy atom. The molecule has 0 radical (unpaired) electrons. The van der Waals surface area contributed by atoms with E-state index in [1.54, 1.807) is 0 Å². The lowest BCUT2D eigenvalue weighted by atomic mass is 9.87. The second-order valence-electron chi connectivity index (χ2n) is 5.44. The van der Waals surface area contributed by atoms with Crippen LogP contribution in [0.2, 0.25) is 0 Å². The van der Waals surface area contributed by atoms with E-state index in [0.717, 1.165) is 19.4 Å². The molecule has 1 fully saturated rings. The number of aliphatic hydroxyl groups excluding tert-OH is 1. The Kier molecular flexibility index (Phi) is 4.56. The molecule has 0 heterocycles. The summed E-state index contributed by atoms with van der Waals surface area (Å²) in [6.07, 6.45) is 1.43. The van der Waals surface area contributed by atoms with Crippen molar-refractivity contribution in [1.82, 2.24) is 0 Å². The maximum atomic E-state index is 9.46. The van der Waals surface area contributed by atoms with Gasteiger partial charge in [-0.3, -0.25) is 0 Å². The Morgan fingerprint density at radius 2 is 1.93 bits per heavy atom. The summed E-state index contributed by atoms with van der Waals surface area (Å²) in [5.41, 5.74) is 0.309. The molecule has 0 aromatic carbocycles. The molecule has 0 aromatic rings. The minimum Gasteiger partial charge on any atom is -0.390 e. The van der Waals surface area contributed by atoms with E-state index in [4.69, 9.17) is 9.47 Å². The highest BCUT2D eigenvalue weighted by atomic mass is 16.6. The highest BCUT2D eigenvalue weighted by molar-refractivity contribution is 4.91. The molecular formula is C12H24O3. The van der Waals surface area contributed by atoms with E-state index < -0.39 is 0 Å². The molecule has 3 unspecified atom stereocenters. The van der Waals surface area contributed by atoms with E-state index in [1.807, 2.05) is 6.92 Å². The summed E-state index contributed by atoms with van der Waals surface area (Å²) in [6, 6.07) is 0. The number of rotatable bonds is 5. The van der Waals surface area contributed by atoms with Crippen LogP contribution in [0.15, 0.2) is 0 Å². The maximum Gasteiger partial charge on any atom is 0.110 e. The molecule has 1 aliphatic carbocycles. The Morgan fingerprint density at radius 3 is 2.40 bits per heavy atom. The smallest absolute Gasteiger partial charge is 0.110 e. The van der Waals surface area contributed by atoms with E-state index >= 15 is 0 Å². The summed E-state index contributed by atoms with van der Waals surface area (Å²) in [6.45, 7) is 9.94. The monoisotopic (exact) mass is 216 g/mol. The van der Waals surface area contributed by atoms with Gasteiger partial charge < -0.3 is 14.6 Å². The van der Waals surface area contributed by atoms with Crippen LogP contribution in [-0.2, 0) is 9.47 Å². The zero-order chi connectivity index (χ0) is 11.5. The van der Waals surface area contributed by atoms with Crippen LogP contribution in [0, 0.1) is 5.41 Å². The van der Waals surface area contributed by atoms with Gasteiger partial charge in [-0.25, -0.2) is 0 Å². The average Bonchev–Trinajstić information content (AvgIpc) is 2.11. The van der Waals surface area contributed by atoms with Crippen LogP contribution >= 0.6 is 0 Å². The summed E-state index contributed by atoms with van der Waals surface area (Å²) in [5, 5.41) is 9.46.